The zero-order valence-electron chi connectivity index (χ0n) is 15.1. The molecule has 4 rings (SSSR count). The van der Waals surface area contributed by atoms with Crippen LogP contribution in [0.1, 0.15) is 11.4 Å². The maximum absolute atomic E-state index is 13.6. The summed E-state index contributed by atoms with van der Waals surface area (Å²) in [5.41, 5.74) is 1.75. The number of ether oxygens (including phenoxy) is 1. The topological polar surface area (TPSA) is 67.0 Å². The molecule has 2 heterocycles. The maximum atomic E-state index is 13.6. The van der Waals surface area contributed by atoms with Gasteiger partial charge in [-0.05, 0) is 35.9 Å². The van der Waals surface area contributed by atoms with E-state index in [9.17, 15) is 9.65 Å². The van der Waals surface area contributed by atoms with Crippen molar-refractivity contribution >= 4 is 17.6 Å². The average Bonchev–Trinajstić information content (AvgIpc) is 3.18. The predicted molar refractivity (Wildman–Crippen MR) is 104 cm³/mol. The van der Waals surface area contributed by atoms with Crippen molar-refractivity contribution in [3.8, 4) is 11.8 Å². The average molecular weight is 375 g/mol. The number of allylic oxidation sites excluding steroid dienone is 1. The van der Waals surface area contributed by atoms with E-state index < -0.39 is 0 Å². The molecule has 28 heavy (non-hydrogen) atoms. The lowest BCUT2D eigenvalue weighted by atomic mass is 10.1. The van der Waals surface area contributed by atoms with E-state index in [1.54, 1.807) is 18.2 Å². The molecule has 0 saturated carbocycles. The molecule has 6 nitrogen and oxygen atoms in total. The first-order valence-corrected chi connectivity index (χ1v) is 8.97. The normalized spacial score (nSPS) is 14.7. The number of rotatable bonds is 4. The van der Waals surface area contributed by atoms with Crippen molar-refractivity contribution in [2.75, 3.05) is 31.2 Å². The molecule has 3 aromatic rings. The second kappa shape index (κ2) is 8.03. The molecule has 7 heteroatoms. The molecule has 0 atom stereocenters. The minimum atomic E-state index is -0.357. The SMILES string of the molecule is N#CC(=Cc1cccc(F)c1)c1nnc(N2CCOCC2)n1-c1ccccc1. The number of morpholine rings is 1. The Labute approximate surface area is 162 Å². The molecular formula is C21H18FN5O. The fraction of sp³-hybridized carbons (Fsp3) is 0.190. The van der Waals surface area contributed by atoms with Gasteiger partial charge in [-0.15, -0.1) is 10.2 Å². The van der Waals surface area contributed by atoms with Gasteiger partial charge < -0.3 is 9.64 Å². The highest BCUT2D eigenvalue weighted by Gasteiger charge is 2.23. The van der Waals surface area contributed by atoms with E-state index in [1.165, 1.54) is 12.1 Å². The van der Waals surface area contributed by atoms with Gasteiger partial charge in [-0.1, -0.05) is 30.3 Å². The standard InChI is InChI=1S/C21H18FN5O/c22-18-6-4-5-16(14-18)13-17(15-23)20-24-25-21(26-9-11-28-12-10-26)27(20)19-7-2-1-3-8-19/h1-8,13-14H,9-12H2. The highest BCUT2D eigenvalue weighted by Crippen LogP contribution is 2.26. The van der Waals surface area contributed by atoms with Gasteiger partial charge in [0.1, 0.15) is 11.9 Å². The van der Waals surface area contributed by atoms with Gasteiger partial charge in [0, 0.05) is 13.1 Å². The van der Waals surface area contributed by atoms with E-state index >= 15 is 0 Å². The van der Waals surface area contributed by atoms with Gasteiger partial charge in [0.2, 0.25) is 5.95 Å². The third kappa shape index (κ3) is 3.63. The number of aromatic nitrogens is 3. The Kier molecular flexibility index (Phi) is 5.13. The van der Waals surface area contributed by atoms with Crippen LogP contribution in [0.15, 0.2) is 54.6 Å². The second-order valence-electron chi connectivity index (χ2n) is 6.32. The van der Waals surface area contributed by atoms with Crippen LogP contribution >= 0.6 is 0 Å². The summed E-state index contributed by atoms with van der Waals surface area (Å²) >= 11 is 0. The van der Waals surface area contributed by atoms with Crippen LogP contribution in [0.3, 0.4) is 0 Å². The molecule has 1 aromatic heterocycles. The summed E-state index contributed by atoms with van der Waals surface area (Å²) in [6, 6.07) is 17.9. The molecule has 0 unspecified atom stereocenters. The van der Waals surface area contributed by atoms with Gasteiger partial charge >= 0.3 is 0 Å². The smallest absolute Gasteiger partial charge is 0.232 e. The highest BCUT2D eigenvalue weighted by atomic mass is 19.1. The fourth-order valence-corrected chi connectivity index (χ4v) is 3.14. The summed E-state index contributed by atoms with van der Waals surface area (Å²) < 4.78 is 20.8. The summed E-state index contributed by atoms with van der Waals surface area (Å²) in [5, 5.41) is 18.4. The van der Waals surface area contributed by atoms with E-state index in [4.69, 9.17) is 4.74 Å². The first-order chi connectivity index (χ1) is 13.8. The van der Waals surface area contributed by atoms with Crippen LogP contribution in [-0.4, -0.2) is 41.1 Å². The van der Waals surface area contributed by atoms with Gasteiger partial charge in [0.25, 0.3) is 0 Å². The largest absolute Gasteiger partial charge is 0.378 e. The van der Waals surface area contributed by atoms with Gasteiger partial charge in [-0.3, -0.25) is 4.57 Å². The van der Waals surface area contributed by atoms with Gasteiger partial charge in [-0.25, -0.2) is 4.39 Å². The number of nitriles is 1. The summed E-state index contributed by atoms with van der Waals surface area (Å²) in [6.07, 6.45) is 1.62. The Morgan fingerprint density at radius 3 is 2.57 bits per heavy atom. The lowest BCUT2D eigenvalue weighted by molar-refractivity contribution is 0.122. The zero-order valence-corrected chi connectivity index (χ0v) is 15.1. The van der Waals surface area contributed by atoms with Gasteiger partial charge in [0.15, 0.2) is 5.82 Å². The van der Waals surface area contributed by atoms with Gasteiger partial charge in [-0.2, -0.15) is 5.26 Å². The van der Waals surface area contributed by atoms with E-state index in [2.05, 4.69) is 21.2 Å². The van der Waals surface area contributed by atoms with Crippen LogP contribution in [0.4, 0.5) is 10.3 Å². The molecule has 0 aliphatic carbocycles. The zero-order chi connectivity index (χ0) is 19.3. The first kappa shape index (κ1) is 17.9. The van der Waals surface area contributed by atoms with Crippen LogP contribution in [0.2, 0.25) is 0 Å². The fourth-order valence-electron chi connectivity index (χ4n) is 3.14. The van der Waals surface area contributed by atoms with E-state index in [1.807, 2.05) is 34.9 Å². The second-order valence-corrected chi connectivity index (χ2v) is 6.32. The number of anilines is 1. The number of hydrogen-bond acceptors (Lipinski definition) is 5. The first-order valence-electron chi connectivity index (χ1n) is 8.97. The molecule has 1 saturated heterocycles. The monoisotopic (exact) mass is 375 g/mol. The third-order valence-corrected chi connectivity index (χ3v) is 4.48. The quantitative estimate of drug-likeness (QED) is 0.655. The Balaban J connectivity index is 1.84. The van der Waals surface area contributed by atoms with Crippen LogP contribution in [0, 0.1) is 17.1 Å². The molecule has 1 aliphatic heterocycles. The number of halogens is 1. The molecule has 0 radical (unpaired) electrons. The van der Waals surface area contributed by atoms with Crippen molar-refractivity contribution in [2.45, 2.75) is 0 Å². The minimum Gasteiger partial charge on any atom is -0.378 e. The van der Waals surface area contributed by atoms with Crippen LogP contribution in [0.25, 0.3) is 17.3 Å². The third-order valence-electron chi connectivity index (χ3n) is 4.48. The van der Waals surface area contributed by atoms with Crippen molar-refractivity contribution in [1.29, 1.82) is 5.26 Å². The summed E-state index contributed by atoms with van der Waals surface area (Å²) in [4.78, 5) is 2.09. The summed E-state index contributed by atoms with van der Waals surface area (Å²) in [5.74, 6) is 0.717. The number of benzene rings is 2. The molecular weight excluding hydrogens is 357 g/mol. The van der Waals surface area contributed by atoms with Crippen LogP contribution in [0.5, 0.6) is 0 Å². The van der Waals surface area contributed by atoms with E-state index in [0.717, 1.165) is 5.69 Å². The predicted octanol–water partition coefficient (Wildman–Crippen LogP) is 3.31. The molecule has 1 aliphatic rings. The van der Waals surface area contributed by atoms with Crippen molar-refractivity contribution in [3.05, 3.63) is 71.8 Å². The number of nitrogens with zero attached hydrogens (tertiary/aromatic N) is 5. The Bertz CT molecular complexity index is 1030. The number of hydrogen-bond donors (Lipinski definition) is 0. The van der Waals surface area contributed by atoms with Crippen molar-refractivity contribution in [2.24, 2.45) is 0 Å². The van der Waals surface area contributed by atoms with Crippen LogP contribution < -0.4 is 4.90 Å². The lowest BCUT2D eigenvalue weighted by Gasteiger charge is -2.28. The maximum Gasteiger partial charge on any atom is 0.232 e. The summed E-state index contributed by atoms with van der Waals surface area (Å²) in [7, 11) is 0. The van der Waals surface area contributed by atoms with Crippen molar-refractivity contribution in [1.82, 2.24) is 14.8 Å². The molecule has 0 bridgehead atoms. The molecule has 0 N–H and O–H groups in total. The lowest BCUT2D eigenvalue weighted by Crippen LogP contribution is -2.38. The Hall–Kier alpha value is -3.50. The van der Waals surface area contributed by atoms with E-state index in [0.29, 0.717) is 49.2 Å². The van der Waals surface area contributed by atoms with Crippen molar-refractivity contribution in [3.63, 3.8) is 0 Å². The number of para-hydroxylation sites is 1. The highest BCUT2D eigenvalue weighted by molar-refractivity contribution is 5.88. The molecule has 0 amide bonds. The van der Waals surface area contributed by atoms with Crippen molar-refractivity contribution < 1.29 is 9.13 Å². The Morgan fingerprint density at radius 2 is 1.86 bits per heavy atom. The summed E-state index contributed by atoms with van der Waals surface area (Å²) in [6.45, 7) is 2.61. The minimum absolute atomic E-state index is 0.307. The van der Waals surface area contributed by atoms with Gasteiger partial charge in [0.05, 0.1) is 24.5 Å². The molecule has 0 spiro atoms. The Morgan fingerprint density at radius 1 is 1.07 bits per heavy atom. The van der Waals surface area contributed by atoms with E-state index in [-0.39, 0.29) is 5.82 Å². The molecule has 1 fully saturated rings. The van der Waals surface area contributed by atoms with Crippen LogP contribution in [-0.2, 0) is 4.74 Å². The molecule has 2 aromatic carbocycles. The molecule has 140 valence electrons.